The second-order valence-corrected chi connectivity index (χ2v) is 6.61. The number of aryl methyl sites for hydroxylation is 1. The van der Waals surface area contributed by atoms with Gasteiger partial charge in [-0.1, -0.05) is 25.2 Å². The molecule has 0 saturated carbocycles. The van der Waals surface area contributed by atoms with Crippen molar-refractivity contribution in [1.29, 1.82) is 0 Å². The van der Waals surface area contributed by atoms with Gasteiger partial charge in [-0.15, -0.1) is 0 Å². The van der Waals surface area contributed by atoms with Crippen LogP contribution in [0.15, 0.2) is 70.9 Å². The van der Waals surface area contributed by atoms with Gasteiger partial charge in [0.25, 0.3) is 0 Å². The molecule has 0 saturated heterocycles. The van der Waals surface area contributed by atoms with Crippen molar-refractivity contribution in [2.75, 3.05) is 6.61 Å². The van der Waals surface area contributed by atoms with Gasteiger partial charge in [-0.2, -0.15) is 10.2 Å². The third kappa shape index (κ3) is 5.74. The van der Waals surface area contributed by atoms with Crippen molar-refractivity contribution < 1.29 is 13.5 Å². The first-order chi connectivity index (χ1) is 14.6. The Bertz CT molecular complexity index is 1060. The molecule has 3 rings (SSSR count). The lowest BCUT2D eigenvalue weighted by Crippen LogP contribution is -1.94. The number of hydrogen-bond donors (Lipinski definition) is 0. The molecule has 0 aliphatic heterocycles. The molecule has 30 heavy (non-hydrogen) atoms. The van der Waals surface area contributed by atoms with Crippen molar-refractivity contribution in [3.63, 3.8) is 0 Å². The minimum atomic E-state index is -0.633. The monoisotopic (exact) mass is 404 g/mol. The van der Waals surface area contributed by atoms with E-state index in [9.17, 15) is 8.78 Å². The van der Waals surface area contributed by atoms with E-state index in [2.05, 4.69) is 22.1 Å². The first kappa shape index (κ1) is 21.2. The van der Waals surface area contributed by atoms with Crippen LogP contribution in [-0.2, 0) is 6.42 Å². The molecular weight excluding hydrogens is 382 g/mol. The summed E-state index contributed by atoms with van der Waals surface area (Å²) < 4.78 is 33.7. The molecule has 0 unspecified atom stereocenters. The van der Waals surface area contributed by atoms with Crippen LogP contribution in [0.4, 0.5) is 20.2 Å². The molecule has 5 heteroatoms. The Morgan fingerprint density at radius 3 is 1.90 bits per heavy atom. The molecule has 0 aliphatic carbocycles. The smallest absolute Gasteiger partial charge is 0.142 e. The van der Waals surface area contributed by atoms with E-state index in [-0.39, 0.29) is 5.56 Å². The lowest BCUT2D eigenvalue weighted by Gasteiger charge is -2.02. The predicted molar refractivity (Wildman–Crippen MR) is 115 cm³/mol. The molecule has 0 radical (unpaired) electrons. The highest BCUT2D eigenvalue weighted by atomic mass is 19.1. The fourth-order valence-corrected chi connectivity index (χ4v) is 2.82. The van der Waals surface area contributed by atoms with Crippen molar-refractivity contribution in [1.82, 2.24) is 0 Å². The number of halogens is 2. The van der Waals surface area contributed by atoms with E-state index in [1.807, 2.05) is 38.1 Å². The standard InChI is InChI=1S/C25H22F2N2O/c1-3-5-19-16-24(26)23(25(27)17-19)15-8-18-6-9-20(10-7-18)28-29-21-11-13-22(14-12-21)30-4-2/h6-7,9-14,16-17H,3-5H2,1-2H3. The summed E-state index contributed by atoms with van der Waals surface area (Å²) in [6.07, 6.45) is 1.46. The molecule has 0 bridgehead atoms. The van der Waals surface area contributed by atoms with Gasteiger partial charge in [-0.05, 0) is 79.6 Å². The highest BCUT2D eigenvalue weighted by Gasteiger charge is 2.08. The Morgan fingerprint density at radius 2 is 1.37 bits per heavy atom. The second kappa shape index (κ2) is 10.3. The minimum Gasteiger partial charge on any atom is -0.494 e. The van der Waals surface area contributed by atoms with Crippen LogP contribution in [0.2, 0.25) is 0 Å². The van der Waals surface area contributed by atoms with Gasteiger partial charge in [0.15, 0.2) is 0 Å². The van der Waals surface area contributed by atoms with E-state index in [4.69, 9.17) is 4.74 Å². The molecule has 0 atom stereocenters. The van der Waals surface area contributed by atoms with Crippen LogP contribution in [0.25, 0.3) is 0 Å². The quantitative estimate of drug-likeness (QED) is 0.318. The Kier molecular flexibility index (Phi) is 7.29. The number of ether oxygens (including phenoxy) is 1. The van der Waals surface area contributed by atoms with Gasteiger partial charge in [0.05, 0.1) is 23.5 Å². The van der Waals surface area contributed by atoms with Crippen molar-refractivity contribution in [2.45, 2.75) is 26.7 Å². The molecule has 3 nitrogen and oxygen atoms in total. The van der Waals surface area contributed by atoms with Crippen LogP contribution >= 0.6 is 0 Å². The number of benzene rings is 3. The number of azo groups is 1. The zero-order chi connectivity index (χ0) is 21.3. The van der Waals surface area contributed by atoms with E-state index in [0.717, 1.165) is 12.2 Å². The fraction of sp³-hybridized carbons (Fsp3) is 0.200. The number of rotatable bonds is 6. The maximum atomic E-state index is 14.2. The molecule has 0 fully saturated rings. The average Bonchev–Trinajstić information content (AvgIpc) is 2.74. The number of nitrogens with zero attached hydrogens (tertiary/aromatic N) is 2. The molecule has 0 aromatic heterocycles. The highest BCUT2D eigenvalue weighted by Crippen LogP contribution is 2.22. The van der Waals surface area contributed by atoms with Crippen molar-refractivity contribution in [3.05, 3.63) is 89.0 Å². The molecule has 0 heterocycles. The third-order valence-corrected chi connectivity index (χ3v) is 4.27. The Morgan fingerprint density at radius 1 is 0.800 bits per heavy atom. The van der Waals surface area contributed by atoms with Crippen molar-refractivity contribution in [2.24, 2.45) is 10.2 Å². The van der Waals surface area contributed by atoms with E-state index in [1.165, 1.54) is 12.1 Å². The Balaban J connectivity index is 1.70. The van der Waals surface area contributed by atoms with Crippen LogP contribution < -0.4 is 4.74 Å². The molecule has 152 valence electrons. The maximum absolute atomic E-state index is 14.2. The van der Waals surface area contributed by atoms with Gasteiger partial charge in [0, 0.05) is 5.56 Å². The lowest BCUT2D eigenvalue weighted by molar-refractivity contribution is 0.340. The SMILES string of the molecule is CCCc1cc(F)c(C#Cc2ccc(N=Nc3ccc(OCC)cc3)cc2)c(F)c1. The largest absolute Gasteiger partial charge is 0.494 e. The Hall–Kier alpha value is -3.52. The van der Waals surface area contributed by atoms with Crippen molar-refractivity contribution >= 4 is 11.4 Å². The van der Waals surface area contributed by atoms with E-state index >= 15 is 0 Å². The lowest BCUT2D eigenvalue weighted by atomic mass is 10.1. The van der Waals surface area contributed by atoms with Crippen LogP contribution in [-0.4, -0.2) is 6.61 Å². The summed E-state index contributed by atoms with van der Waals surface area (Å²) in [4.78, 5) is 0. The summed E-state index contributed by atoms with van der Waals surface area (Å²) in [7, 11) is 0. The van der Waals surface area contributed by atoms with E-state index in [0.29, 0.717) is 35.5 Å². The number of hydrogen-bond acceptors (Lipinski definition) is 3. The maximum Gasteiger partial charge on any atom is 0.142 e. The van der Waals surface area contributed by atoms with Crippen LogP contribution in [0.1, 0.15) is 37.0 Å². The summed E-state index contributed by atoms with van der Waals surface area (Å²) in [6.45, 7) is 4.50. The molecule has 3 aromatic rings. The van der Waals surface area contributed by atoms with Crippen LogP contribution in [0.5, 0.6) is 5.75 Å². The highest BCUT2D eigenvalue weighted by molar-refractivity contribution is 5.49. The van der Waals surface area contributed by atoms with Gasteiger partial charge in [-0.3, -0.25) is 0 Å². The molecule has 0 aliphatic rings. The van der Waals surface area contributed by atoms with Gasteiger partial charge in [-0.25, -0.2) is 8.78 Å². The molecule has 0 amide bonds. The predicted octanol–water partition coefficient (Wildman–Crippen LogP) is 7.13. The molecular formula is C25H22F2N2O. The fourth-order valence-electron chi connectivity index (χ4n) is 2.82. The molecule has 0 N–H and O–H groups in total. The van der Waals surface area contributed by atoms with Gasteiger partial charge < -0.3 is 4.74 Å². The zero-order valence-corrected chi connectivity index (χ0v) is 17.0. The summed E-state index contributed by atoms with van der Waals surface area (Å²) in [6, 6.07) is 17.0. The summed E-state index contributed by atoms with van der Waals surface area (Å²) in [5.74, 6) is 4.91. The van der Waals surface area contributed by atoms with Gasteiger partial charge >= 0.3 is 0 Å². The van der Waals surface area contributed by atoms with E-state index in [1.54, 1.807) is 24.3 Å². The van der Waals surface area contributed by atoms with Crippen LogP contribution in [0, 0.1) is 23.5 Å². The summed E-state index contributed by atoms with van der Waals surface area (Å²) in [5.41, 5.74) is 2.41. The zero-order valence-electron chi connectivity index (χ0n) is 17.0. The second-order valence-electron chi connectivity index (χ2n) is 6.61. The average molecular weight is 404 g/mol. The first-order valence-corrected chi connectivity index (χ1v) is 9.83. The first-order valence-electron chi connectivity index (χ1n) is 9.83. The van der Waals surface area contributed by atoms with Gasteiger partial charge in [0.1, 0.15) is 17.4 Å². The summed E-state index contributed by atoms with van der Waals surface area (Å²) >= 11 is 0. The topological polar surface area (TPSA) is 34.0 Å². The Labute approximate surface area is 175 Å². The van der Waals surface area contributed by atoms with Crippen LogP contribution in [0.3, 0.4) is 0 Å². The van der Waals surface area contributed by atoms with E-state index < -0.39 is 11.6 Å². The molecule has 0 spiro atoms. The van der Waals surface area contributed by atoms with Gasteiger partial charge in [0.2, 0.25) is 0 Å². The summed E-state index contributed by atoms with van der Waals surface area (Å²) in [5, 5.41) is 8.36. The third-order valence-electron chi connectivity index (χ3n) is 4.27. The normalized spacial score (nSPS) is 10.7. The minimum absolute atomic E-state index is 0.214. The van der Waals surface area contributed by atoms with Crippen molar-refractivity contribution in [3.8, 4) is 17.6 Å². The molecule has 3 aromatic carbocycles.